The zero-order valence-electron chi connectivity index (χ0n) is 18.9. The van der Waals surface area contributed by atoms with Gasteiger partial charge in [-0.2, -0.15) is 0 Å². The van der Waals surface area contributed by atoms with E-state index in [9.17, 15) is 5.11 Å². The third-order valence-electron chi connectivity index (χ3n) is 3.37. The number of aliphatic hydroxyl groups is 1. The van der Waals surface area contributed by atoms with E-state index in [4.69, 9.17) is 9.47 Å². The van der Waals surface area contributed by atoms with Crippen molar-refractivity contribution in [1.29, 1.82) is 0 Å². The van der Waals surface area contributed by atoms with Gasteiger partial charge >= 0.3 is 0 Å². The van der Waals surface area contributed by atoms with Crippen LogP contribution in [0, 0.1) is 0 Å². The van der Waals surface area contributed by atoms with Gasteiger partial charge in [0, 0.05) is 5.39 Å². The molecule has 3 nitrogen and oxygen atoms in total. The van der Waals surface area contributed by atoms with Gasteiger partial charge in [-0.15, -0.1) is 0 Å². The fraction of sp³-hybridized carbons (Fsp3) is 0.385. The molecule has 0 bridgehead atoms. The van der Waals surface area contributed by atoms with Gasteiger partial charge in [-0.3, -0.25) is 0 Å². The van der Waals surface area contributed by atoms with Crippen LogP contribution in [-0.4, -0.2) is 24.4 Å². The zero-order valence-corrected chi connectivity index (χ0v) is 18.9. The minimum atomic E-state index is -0.681. The van der Waals surface area contributed by atoms with Crippen LogP contribution in [0.15, 0.2) is 72.8 Å². The molecule has 0 fully saturated rings. The highest BCUT2D eigenvalue weighted by atomic mass is 16.5. The standard InChI is InChI=1S/C19H18O3.C3H8.2C2H6/c20-16(13-21-17-9-2-1-3-10-17)14-22-19-12-6-8-15-7-4-5-11-18(15)19;1-3-2;2*1-2/h1-12,16,20H,13-14H2;3H2,1-2H3;2*1-2H3. The van der Waals surface area contributed by atoms with E-state index < -0.39 is 6.10 Å². The number of benzene rings is 3. The van der Waals surface area contributed by atoms with Crippen molar-refractivity contribution in [3.05, 3.63) is 72.8 Å². The van der Waals surface area contributed by atoms with Gasteiger partial charge in [-0.25, -0.2) is 0 Å². The number of aliphatic hydroxyl groups excluding tert-OH is 1. The van der Waals surface area contributed by atoms with Crippen molar-refractivity contribution in [3.63, 3.8) is 0 Å². The molecule has 0 radical (unpaired) electrons. The van der Waals surface area contributed by atoms with Crippen LogP contribution >= 0.6 is 0 Å². The van der Waals surface area contributed by atoms with Gasteiger partial charge in [0.1, 0.15) is 30.8 Å². The average molecular weight is 399 g/mol. The highest BCUT2D eigenvalue weighted by Gasteiger charge is 2.08. The Bertz CT molecular complexity index is 736. The number of para-hydroxylation sites is 1. The molecule has 0 saturated heterocycles. The third kappa shape index (κ3) is 10.6. The molecule has 0 heterocycles. The maximum atomic E-state index is 9.99. The van der Waals surface area contributed by atoms with Crippen molar-refractivity contribution in [2.45, 2.75) is 54.1 Å². The number of rotatable bonds is 6. The lowest BCUT2D eigenvalue weighted by molar-refractivity contribution is 0.0632. The predicted molar refractivity (Wildman–Crippen MR) is 126 cm³/mol. The van der Waals surface area contributed by atoms with E-state index in [0.717, 1.165) is 22.3 Å². The molecule has 0 spiro atoms. The molecule has 3 heteroatoms. The molecule has 0 saturated carbocycles. The number of hydrogen-bond acceptors (Lipinski definition) is 3. The molecule has 1 atom stereocenters. The van der Waals surface area contributed by atoms with Crippen LogP contribution in [-0.2, 0) is 0 Å². The molecule has 160 valence electrons. The monoisotopic (exact) mass is 398 g/mol. The number of hydrogen-bond donors (Lipinski definition) is 1. The molecule has 29 heavy (non-hydrogen) atoms. The molecule has 3 aromatic rings. The van der Waals surface area contributed by atoms with E-state index in [-0.39, 0.29) is 13.2 Å². The fourth-order valence-corrected chi connectivity index (χ4v) is 2.26. The van der Waals surface area contributed by atoms with Crippen molar-refractivity contribution in [2.75, 3.05) is 13.2 Å². The summed E-state index contributed by atoms with van der Waals surface area (Å²) in [5, 5.41) is 12.2. The van der Waals surface area contributed by atoms with E-state index in [2.05, 4.69) is 13.8 Å². The molecule has 3 aromatic carbocycles. The number of fused-ring (bicyclic) bond motifs is 1. The molecular weight excluding hydrogens is 360 g/mol. The first-order valence-electron chi connectivity index (χ1n) is 10.7. The van der Waals surface area contributed by atoms with Crippen molar-refractivity contribution in [2.24, 2.45) is 0 Å². The molecule has 0 amide bonds. The second-order valence-electron chi connectivity index (χ2n) is 5.77. The molecular formula is C26H38O3. The van der Waals surface area contributed by atoms with Gasteiger partial charge in [0.25, 0.3) is 0 Å². The van der Waals surface area contributed by atoms with E-state index in [0.29, 0.717) is 0 Å². The van der Waals surface area contributed by atoms with Crippen LogP contribution in [0.1, 0.15) is 48.0 Å². The molecule has 0 aliphatic carbocycles. The minimum Gasteiger partial charge on any atom is -0.491 e. The first-order valence-corrected chi connectivity index (χ1v) is 10.7. The highest BCUT2D eigenvalue weighted by Crippen LogP contribution is 2.25. The van der Waals surface area contributed by atoms with E-state index in [1.807, 2.05) is 100 Å². The summed E-state index contributed by atoms with van der Waals surface area (Å²) in [6.07, 6.45) is 0.569. The summed E-state index contributed by atoms with van der Waals surface area (Å²) >= 11 is 0. The lowest BCUT2D eigenvalue weighted by Gasteiger charge is -2.14. The van der Waals surface area contributed by atoms with E-state index in [1.54, 1.807) is 0 Å². The van der Waals surface area contributed by atoms with Crippen LogP contribution < -0.4 is 9.47 Å². The van der Waals surface area contributed by atoms with Gasteiger partial charge in [0.05, 0.1) is 0 Å². The Labute approximate surface area is 177 Å². The van der Waals surface area contributed by atoms with Crippen LogP contribution in [0.3, 0.4) is 0 Å². The van der Waals surface area contributed by atoms with E-state index in [1.165, 1.54) is 6.42 Å². The largest absolute Gasteiger partial charge is 0.491 e. The summed E-state index contributed by atoms with van der Waals surface area (Å²) < 4.78 is 11.3. The van der Waals surface area contributed by atoms with Crippen LogP contribution in [0.4, 0.5) is 0 Å². The SMILES string of the molecule is CC.CC.CCC.OC(COc1ccccc1)COc1cccc2ccccc12. The topological polar surface area (TPSA) is 38.7 Å². The lowest BCUT2D eigenvalue weighted by atomic mass is 10.1. The Morgan fingerprint density at radius 2 is 1.21 bits per heavy atom. The third-order valence-corrected chi connectivity index (χ3v) is 3.37. The van der Waals surface area contributed by atoms with Crippen molar-refractivity contribution in [1.82, 2.24) is 0 Å². The summed E-state index contributed by atoms with van der Waals surface area (Å²) in [5.41, 5.74) is 0. The van der Waals surface area contributed by atoms with Gasteiger partial charge in [-0.1, -0.05) is 103 Å². The smallest absolute Gasteiger partial charge is 0.127 e. The highest BCUT2D eigenvalue weighted by molar-refractivity contribution is 5.88. The predicted octanol–water partition coefficient (Wildman–Crippen LogP) is 7.13. The van der Waals surface area contributed by atoms with Gasteiger partial charge in [-0.05, 0) is 23.6 Å². The maximum absolute atomic E-state index is 9.99. The van der Waals surface area contributed by atoms with Crippen LogP contribution in [0.2, 0.25) is 0 Å². The first kappa shape index (κ1) is 26.5. The lowest BCUT2D eigenvalue weighted by Crippen LogP contribution is -2.25. The first-order chi connectivity index (χ1) is 14.2. The Morgan fingerprint density at radius 1 is 0.690 bits per heavy atom. The Balaban J connectivity index is 0.00000100. The molecule has 0 aromatic heterocycles. The minimum absolute atomic E-state index is 0.195. The maximum Gasteiger partial charge on any atom is 0.127 e. The van der Waals surface area contributed by atoms with Crippen molar-refractivity contribution < 1.29 is 14.6 Å². The summed E-state index contributed by atoms with van der Waals surface area (Å²) in [6.45, 7) is 12.6. The van der Waals surface area contributed by atoms with E-state index >= 15 is 0 Å². The fourth-order valence-electron chi connectivity index (χ4n) is 2.26. The summed E-state index contributed by atoms with van der Waals surface area (Å²) in [6, 6.07) is 23.4. The number of ether oxygens (including phenoxy) is 2. The molecule has 0 aliphatic rings. The summed E-state index contributed by atoms with van der Waals surface area (Å²) in [4.78, 5) is 0. The van der Waals surface area contributed by atoms with Crippen LogP contribution in [0.25, 0.3) is 10.8 Å². The van der Waals surface area contributed by atoms with Gasteiger partial charge in [0.15, 0.2) is 0 Å². The summed E-state index contributed by atoms with van der Waals surface area (Å²) in [5.74, 6) is 1.52. The molecule has 0 aliphatic heterocycles. The Hall–Kier alpha value is -2.52. The molecule has 1 unspecified atom stereocenters. The summed E-state index contributed by atoms with van der Waals surface area (Å²) in [7, 11) is 0. The normalized spacial score (nSPS) is 10.2. The quantitative estimate of drug-likeness (QED) is 0.480. The van der Waals surface area contributed by atoms with Gasteiger partial charge in [0.2, 0.25) is 0 Å². The van der Waals surface area contributed by atoms with Gasteiger partial charge < -0.3 is 14.6 Å². The Kier molecular flexibility index (Phi) is 16.0. The molecule has 1 N–H and O–H groups in total. The second kappa shape index (κ2) is 17.6. The second-order valence-corrected chi connectivity index (χ2v) is 5.77. The molecule has 3 rings (SSSR count). The van der Waals surface area contributed by atoms with Crippen molar-refractivity contribution >= 4 is 10.8 Å². The van der Waals surface area contributed by atoms with Crippen LogP contribution in [0.5, 0.6) is 11.5 Å². The Morgan fingerprint density at radius 3 is 1.86 bits per heavy atom. The average Bonchev–Trinajstić information content (AvgIpc) is 2.80. The van der Waals surface area contributed by atoms with Crippen molar-refractivity contribution in [3.8, 4) is 11.5 Å². The zero-order chi connectivity index (χ0) is 21.9.